The van der Waals surface area contributed by atoms with Crippen LogP contribution in [0.15, 0.2) is 48.5 Å². The molecule has 1 aliphatic rings. The molecule has 2 aromatic rings. The molecule has 0 bridgehead atoms. The van der Waals surface area contributed by atoms with Crippen LogP contribution in [-0.2, 0) is 22.6 Å². The lowest BCUT2D eigenvalue weighted by Crippen LogP contribution is -2.50. The monoisotopic (exact) mass is 400 g/mol. The van der Waals surface area contributed by atoms with Gasteiger partial charge in [-0.1, -0.05) is 49.2 Å². The Hall–Kier alpha value is -2.76. The zero-order valence-corrected chi connectivity index (χ0v) is 16.5. The summed E-state index contributed by atoms with van der Waals surface area (Å²) in [4.78, 5) is 27.1. The maximum Gasteiger partial charge on any atom is 0.242 e. The quantitative estimate of drug-likeness (QED) is 0.764. The van der Waals surface area contributed by atoms with Crippen molar-refractivity contribution in [3.63, 3.8) is 0 Å². The van der Waals surface area contributed by atoms with E-state index >= 15 is 0 Å². The Morgan fingerprint density at radius 3 is 2.14 bits per heavy atom. The summed E-state index contributed by atoms with van der Waals surface area (Å²) in [7, 11) is 0. The van der Waals surface area contributed by atoms with Crippen molar-refractivity contribution in [3.8, 4) is 0 Å². The number of benzene rings is 2. The summed E-state index contributed by atoms with van der Waals surface area (Å²) < 4.78 is 28.2. The fourth-order valence-corrected chi connectivity index (χ4v) is 3.69. The van der Waals surface area contributed by atoms with Crippen LogP contribution in [0.5, 0.6) is 0 Å². The topological polar surface area (TPSA) is 49.4 Å². The average Bonchev–Trinajstić information content (AvgIpc) is 3.21. The summed E-state index contributed by atoms with van der Waals surface area (Å²) >= 11 is 0. The van der Waals surface area contributed by atoms with Crippen LogP contribution < -0.4 is 5.32 Å². The summed E-state index contributed by atoms with van der Waals surface area (Å²) in [6.45, 7) is 1.57. The highest BCUT2D eigenvalue weighted by molar-refractivity contribution is 5.88. The van der Waals surface area contributed by atoms with Crippen LogP contribution in [0.4, 0.5) is 8.78 Å². The smallest absolute Gasteiger partial charge is 0.242 e. The lowest BCUT2D eigenvalue weighted by atomic mass is 10.1. The summed E-state index contributed by atoms with van der Waals surface area (Å²) in [5.41, 5.74) is 0.564. The van der Waals surface area contributed by atoms with Gasteiger partial charge in [0.15, 0.2) is 0 Å². The molecule has 0 radical (unpaired) electrons. The standard InChI is InChI=1S/C23H26F2N2O2/c1-16(23(29)26-19-10-4-5-11-19)27(15-18-9-3-7-13-21(18)25)22(28)14-17-8-2-6-12-20(17)24/h2-3,6-9,12-13,16,19H,4-5,10-11,14-15H2,1H3,(H,26,29)/t16-/m0/s1. The normalized spacial score (nSPS) is 15.1. The zero-order valence-electron chi connectivity index (χ0n) is 16.5. The summed E-state index contributed by atoms with van der Waals surface area (Å²) in [5, 5.41) is 2.99. The van der Waals surface area contributed by atoms with Gasteiger partial charge in [-0.3, -0.25) is 9.59 Å². The molecule has 1 saturated carbocycles. The Bertz CT molecular complexity index is 865. The van der Waals surface area contributed by atoms with Gasteiger partial charge in [0, 0.05) is 18.2 Å². The highest BCUT2D eigenvalue weighted by atomic mass is 19.1. The Balaban J connectivity index is 1.80. The Labute approximate surface area is 169 Å². The Morgan fingerprint density at radius 1 is 1.00 bits per heavy atom. The number of carbonyl (C=O) groups excluding carboxylic acids is 2. The number of nitrogens with one attached hydrogen (secondary N) is 1. The highest BCUT2D eigenvalue weighted by Gasteiger charge is 2.29. The molecule has 3 rings (SSSR count). The zero-order chi connectivity index (χ0) is 20.8. The van der Waals surface area contributed by atoms with E-state index in [1.165, 1.54) is 23.1 Å². The van der Waals surface area contributed by atoms with Gasteiger partial charge in [0.25, 0.3) is 0 Å². The first-order valence-corrected chi connectivity index (χ1v) is 10.0. The number of rotatable bonds is 7. The minimum absolute atomic E-state index is 0.0563. The minimum atomic E-state index is -0.797. The molecule has 1 N–H and O–H groups in total. The average molecular weight is 400 g/mol. The Kier molecular flexibility index (Phi) is 6.96. The van der Waals surface area contributed by atoms with E-state index in [1.54, 1.807) is 37.3 Å². The van der Waals surface area contributed by atoms with Crippen molar-refractivity contribution in [2.75, 3.05) is 0 Å². The molecule has 6 heteroatoms. The van der Waals surface area contributed by atoms with Gasteiger partial charge in [-0.2, -0.15) is 0 Å². The molecule has 2 amide bonds. The number of hydrogen-bond donors (Lipinski definition) is 1. The van der Waals surface area contributed by atoms with E-state index < -0.39 is 23.6 Å². The van der Waals surface area contributed by atoms with Crippen LogP contribution in [0.1, 0.15) is 43.7 Å². The molecule has 0 unspecified atom stereocenters. The van der Waals surface area contributed by atoms with E-state index in [4.69, 9.17) is 0 Å². The third-order valence-corrected chi connectivity index (χ3v) is 5.47. The van der Waals surface area contributed by atoms with Crippen LogP contribution in [0.2, 0.25) is 0 Å². The van der Waals surface area contributed by atoms with Crippen molar-refractivity contribution in [1.82, 2.24) is 10.2 Å². The van der Waals surface area contributed by atoms with E-state index in [-0.39, 0.29) is 30.5 Å². The van der Waals surface area contributed by atoms with E-state index in [9.17, 15) is 18.4 Å². The molecular formula is C23H26F2N2O2. The van der Waals surface area contributed by atoms with E-state index in [1.807, 2.05) is 0 Å². The second-order valence-electron chi connectivity index (χ2n) is 7.55. The lowest BCUT2D eigenvalue weighted by molar-refractivity contribution is -0.140. The first kappa shape index (κ1) is 21.0. The van der Waals surface area contributed by atoms with Gasteiger partial charge in [-0.15, -0.1) is 0 Å². The number of hydrogen-bond acceptors (Lipinski definition) is 2. The molecule has 1 fully saturated rings. The van der Waals surface area contributed by atoms with Gasteiger partial charge in [-0.25, -0.2) is 8.78 Å². The molecule has 29 heavy (non-hydrogen) atoms. The molecule has 0 spiro atoms. The van der Waals surface area contributed by atoms with E-state index in [0.29, 0.717) is 5.56 Å². The number of amides is 2. The fraction of sp³-hybridized carbons (Fsp3) is 0.391. The summed E-state index contributed by atoms with van der Waals surface area (Å²) in [6.07, 6.45) is 3.81. The van der Waals surface area contributed by atoms with E-state index in [0.717, 1.165) is 25.7 Å². The second kappa shape index (κ2) is 9.63. The minimum Gasteiger partial charge on any atom is -0.352 e. The predicted octanol–water partition coefficient (Wildman–Crippen LogP) is 3.98. The SMILES string of the molecule is C[C@@H](C(=O)NC1CCCC1)N(Cc1ccccc1F)C(=O)Cc1ccccc1F. The molecule has 154 valence electrons. The van der Waals surface area contributed by atoms with Crippen LogP contribution in [0.25, 0.3) is 0 Å². The molecule has 4 nitrogen and oxygen atoms in total. The first-order chi connectivity index (χ1) is 14.0. The molecule has 1 atom stereocenters. The van der Waals surface area contributed by atoms with Crippen molar-refractivity contribution in [1.29, 1.82) is 0 Å². The third kappa shape index (κ3) is 5.40. The molecule has 0 aliphatic heterocycles. The van der Waals surface area contributed by atoms with Gasteiger partial charge in [0.05, 0.1) is 6.42 Å². The number of carbonyl (C=O) groups is 2. The number of halogens is 2. The summed E-state index contributed by atoms with van der Waals surface area (Å²) in [6, 6.07) is 11.5. The first-order valence-electron chi connectivity index (χ1n) is 10.0. The predicted molar refractivity (Wildman–Crippen MR) is 107 cm³/mol. The molecular weight excluding hydrogens is 374 g/mol. The summed E-state index contributed by atoms with van der Waals surface area (Å²) in [5.74, 6) is -1.61. The fourth-order valence-electron chi connectivity index (χ4n) is 3.69. The maximum atomic E-state index is 14.2. The maximum absolute atomic E-state index is 14.2. The molecule has 0 saturated heterocycles. The van der Waals surface area contributed by atoms with Gasteiger partial charge >= 0.3 is 0 Å². The molecule has 1 aliphatic carbocycles. The number of nitrogens with zero attached hydrogens (tertiary/aromatic N) is 1. The Morgan fingerprint density at radius 2 is 1.55 bits per heavy atom. The third-order valence-electron chi connectivity index (χ3n) is 5.47. The van der Waals surface area contributed by atoms with Crippen molar-refractivity contribution in [2.24, 2.45) is 0 Å². The highest BCUT2D eigenvalue weighted by Crippen LogP contribution is 2.19. The van der Waals surface area contributed by atoms with E-state index in [2.05, 4.69) is 5.32 Å². The van der Waals surface area contributed by atoms with Gasteiger partial charge in [0.1, 0.15) is 17.7 Å². The van der Waals surface area contributed by atoms with Gasteiger partial charge in [0.2, 0.25) is 11.8 Å². The van der Waals surface area contributed by atoms with Crippen molar-refractivity contribution in [2.45, 2.75) is 57.7 Å². The van der Waals surface area contributed by atoms with Crippen LogP contribution in [-0.4, -0.2) is 28.8 Å². The second-order valence-corrected chi connectivity index (χ2v) is 7.55. The van der Waals surface area contributed by atoms with Crippen LogP contribution >= 0.6 is 0 Å². The van der Waals surface area contributed by atoms with Crippen LogP contribution in [0, 0.1) is 11.6 Å². The van der Waals surface area contributed by atoms with Crippen molar-refractivity contribution < 1.29 is 18.4 Å². The van der Waals surface area contributed by atoms with Gasteiger partial charge in [-0.05, 0) is 37.5 Å². The van der Waals surface area contributed by atoms with Crippen molar-refractivity contribution in [3.05, 3.63) is 71.3 Å². The molecule has 0 aromatic heterocycles. The lowest BCUT2D eigenvalue weighted by Gasteiger charge is -2.30. The van der Waals surface area contributed by atoms with Crippen molar-refractivity contribution >= 4 is 11.8 Å². The molecule has 0 heterocycles. The van der Waals surface area contributed by atoms with Gasteiger partial charge < -0.3 is 10.2 Å². The van der Waals surface area contributed by atoms with Crippen LogP contribution in [0.3, 0.4) is 0 Å². The molecule has 2 aromatic carbocycles. The largest absolute Gasteiger partial charge is 0.352 e.